The molecule has 3 heteroatoms. The topological polar surface area (TPSA) is 61.1 Å². The fourth-order valence-corrected chi connectivity index (χ4v) is 5.14. The highest BCUT2D eigenvalue weighted by Gasteiger charge is 2.49. The molecule has 0 amide bonds. The Labute approximate surface area is 146 Å². The van der Waals surface area contributed by atoms with Crippen molar-refractivity contribution in [1.82, 2.24) is 0 Å². The third-order valence-electron chi connectivity index (χ3n) is 6.20. The van der Waals surface area contributed by atoms with Crippen LogP contribution in [-0.2, 0) is 11.8 Å². The van der Waals surface area contributed by atoms with Crippen LogP contribution >= 0.6 is 0 Å². The van der Waals surface area contributed by atoms with Gasteiger partial charge in [-0.1, -0.05) is 18.9 Å². The van der Waals surface area contributed by atoms with Crippen molar-refractivity contribution >= 4 is 11.4 Å². The van der Waals surface area contributed by atoms with Crippen LogP contribution in [0.25, 0.3) is 5.57 Å². The SMILES string of the molecule is N#Cc1ccc2c(c1)CC1=C2C(=O)c2ccc(O)cc2C12CCCC2. The number of nitriles is 1. The van der Waals surface area contributed by atoms with Gasteiger partial charge in [0.1, 0.15) is 5.75 Å². The standard InChI is InChI=1S/C22H17NO2/c23-12-13-3-5-16-14(9-13)10-19-20(16)21(25)17-6-4-15(24)11-18(17)22(19)7-1-2-8-22/h3-6,9,11,24H,1-2,7-8,10H2. The summed E-state index contributed by atoms with van der Waals surface area (Å²) in [7, 11) is 0. The van der Waals surface area contributed by atoms with E-state index in [1.807, 2.05) is 12.1 Å². The average Bonchev–Trinajstić information content (AvgIpc) is 3.25. The zero-order valence-electron chi connectivity index (χ0n) is 13.8. The molecule has 0 atom stereocenters. The number of phenols is 1. The van der Waals surface area contributed by atoms with Gasteiger partial charge in [0.15, 0.2) is 5.78 Å². The van der Waals surface area contributed by atoms with Crippen LogP contribution in [0.5, 0.6) is 5.75 Å². The van der Waals surface area contributed by atoms with Gasteiger partial charge < -0.3 is 5.11 Å². The number of fused-ring (bicyclic) bond motifs is 5. The first-order valence-corrected chi connectivity index (χ1v) is 8.79. The minimum atomic E-state index is -0.136. The van der Waals surface area contributed by atoms with E-state index < -0.39 is 0 Å². The average molecular weight is 327 g/mol. The predicted molar refractivity (Wildman–Crippen MR) is 94.4 cm³/mol. The maximum atomic E-state index is 13.3. The largest absolute Gasteiger partial charge is 0.508 e. The third kappa shape index (κ3) is 1.77. The fraction of sp³-hybridized carbons (Fsp3) is 0.273. The Bertz CT molecular complexity index is 1020. The number of Topliss-reactive ketones (excluding diaryl/α,β-unsaturated/α-hetero) is 1. The lowest BCUT2D eigenvalue weighted by molar-refractivity contribution is 0.105. The Morgan fingerprint density at radius 3 is 2.56 bits per heavy atom. The molecule has 0 aromatic heterocycles. The van der Waals surface area contributed by atoms with Gasteiger partial charge in [0, 0.05) is 16.6 Å². The number of hydrogen-bond acceptors (Lipinski definition) is 3. The van der Waals surface area contributed by atoms with Gasteiger partial charge in [0.05, 0.1) is 11.6 Å². The summed E-state index contributed by atoms with van der Waals surface area (Å²) in [5, 5.41) is 19.2. The summed E-state index contributed by atoms with van der Waals surface area (Å²) in [6.45, 7) is 0. The highest BCUT2D eigenvalue weighted by Crippen LogP contribution is 2.57. The number of ketones is 1. The van der Waals surface area contributed by atoms with E-state index in [-0.39, 0.29) is 16.9 Å². The zero-order chi connectivity index (χ0) is 17.2. The lowest BCUT2D eigenvalue weighted by Gasteiger charge is -2.37. The van der Waals surface area contributed by atoms with Crippen molar-refractivity contribution in [1.29, 1.82) is 5.26 Å². The van der Waals surface area contributed by atoms with E-state index in [1.54, 1.807) is 24.3 Å². The second-order valence-corrected chi connectivity index (χ2v) is 7.36. The Kier molecular flexibility index (Phi) is 2.80. The molecule has 3 nitrogen and oxygen atoms in total. The van der Waals surface area contributed by atoms with Crippen molar-refractivity contribution in [3.63, 3.8) is 0 Å². The Hall–Kier alpha value is -2.86. The number of benzene rings is 2. The van der Waals surface area contributed by atoms with Gasteiger partial charge >= 0.3 is 0 Å². The molecule has 0 heterocycles. The Morgan fingerprint density at radius 1 is 1.04 bits per heavy atom. The Morgan fingerprint density at radius 2 is 1.80 bits per heavy atom. The lowest BCUT2D eigenvalue weighted by Crippen LogP contribution is -2.32. The second-order valence-electron chi connectivity index (χ2n) is 7.36. The van der Waals surface area contributed by atoms with E-state index in [0.29, 0.717) is 5.56 Å². The predicted octanol–water partition coefficient (Wildman–Crippen LogP) is 4.28. The molecule has 1 fully saturated rings. The first kappa shape index (κ1) is 14.5. The number of nitrogens with zero attached hydrogens (tertiary/aromatic N) is 1. The number of hydrogen-bond donors (Lipinski definition) is 1. The molecule has 5 rings (SSSR count). The van der Waals surface area contributed by atoms with Gasteiger partial charge in [-0.2, -0.15) is 5.26 Å². The van der Waals surface area contributed by atoms with E-state index >= 15 is 0 Å². The van der Waals surface area contributed by atoms with E-state index in [2.05, 4.69) is 6.07 Å². The molecule has 1 spiro atoms. The molecule has 1 saturated carbocycles. The molecule has 3 aliphatic rings. The summed E-state index contributed by atoms with van der Waals surface area (Å²) in [6.07, 6.45) is 5.06. The van der Waals surface area contributed by atoms with Gasteiger partial charge in [0.25, 0.3) is 0 Å². The van der Waals surface area contributed by atoms with Crippen LogP contribution < -0.4 is 0 Å². The van der Waals surface area contributed by atoms with Gasteiger partial charge in [-0.05, 0) is 71.9 Å². The summed E-state index contributed by atoms with van der Waals surface area (Å²) in [4.78, 5) is 13.3. The molecular formula is C22H17NO2. The van der Waals surface area contributed by atoms with E-state index in [4.69, 9.17) is 0 Å². The molecule has 0 radical (unpaired) electrons. The van der Waals surface area contributed by atoms with Crippen LogP contribution in [0.2, 0.25) is 0 Å². The summed E-state index contributed by atoms with van der Waals surface area (Å²) < 4.78 is 0. The number of phenolic OH excluding ortho intramolecular Hbond substituents is 1. The molecule has 122 valence electrons. The lowest BCUT2D eigenvalue weighted by atomic mass is 9.65. The quantitative estimate of drug-likeness (QED) is 0.785. The van der Waals surface area contributed by atoms with Crippen LogP contribution in [0, 0.1) is 11.3 Å². The van der Waals surface area contributed by atoms with Crippen LogP contribution in [0.4, 0.5) is 0 Å². The number of allylic oxidation sites excluding steroid dienone is 2. The van der Waals surface area contributed by atoms with Gasteiger partial charge in [-0.25, -0.2) is 0 Å². The van der Waals surface area contributed by atoms with Crippen LogP contribution in [0.3, 0.4) is 0 Å². The summed E-state index contributed by atoms with van der Waals surface area (Å²) in [5.41, 5.74) is 6.37. The molecule has 1 N–H and O–H groups in total. The Balaban J connectivity index is 1.79. The smallest absolute Gasteiger partial charge is 0.193 e. The molecule has 0 aliphatic heterocycles. The molecule has 3 aliphatic carbocycles. The fourth-order valence-electron chi connectivity index (χ4n) is 5.14. The van der Waals surface area contributed by atoms with Crippen molar-refractivity contribution in [2.45, 2.75) is 37.5 Å². The first-order valence-electron chi connectivity index (χ1n) is 8.79. The summed E-state index contributed by atoms with van der Waals surface area (Å²) in [5.74, 6) is 0.287. The van der Waals surface area contributed by atoms with Crippen molar-refractivity contribution < 1.29 is 9.90 Å². The highest BCUT2D eigenvalue weighted by atomic mass is 16.3. The van der Waals surface area contributed by atoms with Gasteiger partial charge in [0.2, 0.25) is 0 Å². The molecule has 2 aromatic rings. The highest BCUT2D eigenvalue weighted by molar-refractivity contribution is 6.33. The maximum absolute atomic E-state index is 13.3. The number of rotatable bonds is 0. The maximum Gasteiger partial charge on any atom is 0.193 e. The molecule has 0 unspecified atom stereocenters. The summed E-state index contributed by atoms with van der Waals surface area (Å²) in [6, 6.07) is 13.0. The number of carbonyl (C=O) groups excluding carboxylic acids is 1. The number of aromatic hydroxyl groups is 1. The summed E-state index contributed by atoms with van der Waals surface area (Å²) >= 11 is 0. The van der Waals surface area contributed by atoms with Gasteiger partial charge in [-0.15, -0.1) is 0 Å². The molecule has 0 saturated heterocycles. The van der Waals surface area contributed by atoms with Crippen LogP contribution in [0.1, 0.15) is 58.3 Å². The van der Waals surface area contributed by atoms with Gasteiger partial charge in [-0.3, -0.25) is 4.79 Å². The molecule has 2 aromatic carbocycles. The molecular weight excluding hydrogens is 310 g/mol. The first-order chi connectivity index (χ1) is 12.1. The van der Waals surface area contributed by atoms with E-state index in [9.17, 15) is 15.2 Å². The minimum Gasteiger partial charge on any atom is -0.508 e. The zero-order valence-corrected chi connectivity index (χ0v) is 13.8. The van der Waals surface area contributed by atoms with Crippen molar-refractivity contribution in [2.24, 2.45) is 0 Å². The van der Waals surface area contributed by atoms with E-state index in [0.717, 1.165) is 59.9 Å². The van der Waals surface area contributed by atoms with Crippen molar-refractivity contribution in [3.8, 4) is 11.8 Å². The van der Waals surface area contributed by atoms with Crippen LogP contribution in [0.15, 0.2) is 42.0 Å². The second kappa shape index (κ2) is 4.83. The third-order valence-corrected chi connectivity index (χ3v) is 6.20. The van der Waals surface area contributed by atoms with Crippen molar-refractivity contribution in [2.75, 3.05) is 0 Å². The normalized spacial score (nSPS) is 19.6. The molecule has 25 heavy (non-hydrogen) atoms. The molecule has 0 bridgehead atoms. The number of carbonyl (C=O) groups is 1. The monoisotopic (exact) mass is 327 g/mol. The van der Waals surface area contributed by atoms with E-state index in [1.165, 1.54) is 5.57 Å². The van der Waals surface area contributed by atoms with Crippen LogP contribution in [-0.4, -0.2) is 10.9 Å². The minimum absolute atomic E-state index is 0.0611. The van der Waals surface area contributed by atoms with Crippen molar-refractivity contribution in [3.05, 3.63) is 69.8 Å².